The summed E-state index contributed by atoms with van der Waals surface area (Å²) < 4.78 is 5.08. The van der Waals surface area contributed by atoms with Crippen molar-refractivity contribution in [2.75, 3.05) is 20.7 Å². The van der Waals surface area contributed by atoms with E-state index >= 15 is 0 Å². The molecule has 1 aliphatic rings. The Morgan fingerprint density at radius 2 is 2.06 bits per heavy atom. The number of aromatic hydroxyl groups is 1. The molecule has 0 spiro atoms. The summed E-state index contributed by atoms with van der Waals surface area (Å²) in [6, 6.07) is 3.61. The lowest BCUT2D eigenvalue weighted by molar-refractivity contribution is 0.0885. The third kappa shape index (κ3) is 1.64. The smallest absolute Gasteiger partial charge is 0.160 e. The van der Waals surface area contributed by atoms with Gasteiger partial charge in [0.15, 0.2) is 11.5 Å². The number of hydrogen-bond acceptors (Lipinski definition) is 4. The van der Waals surface area contributed by atoms with Gasteiger partial charge in [-0.3, -0.25) is 4.90 Å². The fourth-order valence-corrected chi connectivity index (χ4v) is 2.18. The molecule has 0 radical (unpaired) electrons. The quantitative estimate of drug-likeness (QED) is 0.756. The number of β-amino-alcohol motifs (C(OH)–C–C–N with tert-alkyl or cyclic N) is 1. The second-order valence-electron chi connectivity index (χ2n) is 4.28. The number of phenolic OH excluding ortho intramolecular Hbond substituents is 1. The Morgan fingerprint density at radius 3 is 2.69 bits per heavy atom. The Labute approximate surface area is 95.1 Å². The van der Waals surface area contributed by atoms with Crippen LogP contribution in [0.5, 0.6) is 11.5 Å². The van der Waals surface area contributed by atoms with Crippen LogP contribution in [0, 0.1) is 0 Å². The number of aliphatic hydroxyl groups excluding tert-OH is 1. The van der Waals surface area contributed by atoms with E-state index in [1.165, 1.54) is 7.11 Å². The monoisotopic (exact) mass is 223 g/mol. The summed E-state index contributed by atoms with van der Waals surface area (Å²) in [6.07, 6.45) is -0.548. The molecule has 1 aliphatic heterocycles. The van der Waals surface area contributed by atoms with E-state index in [4.69, 9.17) is 4.74 Å². The van der Waals surface area contributed by atoms with E-state index in [0.717, 1.165) is 11.1 Å². The molecule has 4 nitrogen and oxygen atoms in total. The number of hydrogen-bond donors (Lipinski definition) is 2. The third-order valence-corrected chi connectivity index (χ3v) is 3.32. The zero-order chi connectivity index (χ0) is 11.9. The van der Waals surface area contributed by atoms with Crippen molar-refractivity contribution in [2.24, 2.45) is 0 Å². The number of nitrogens with zero attached hydrogens (tertiary/aromatic N) is 1. The fourth-order valence-electron chi connectivity index (χ4n) is 2.18. The van der Waals surface area contributed by atoms with Crippen LogP contribution in [-0.4, -0.2) is 35.8 Å². The average molecular weight is 223 g/mol. The van der Waals surface area contributed by atoms with E-state index in [9.17, 15) is 10.2 Å². The molecule has 0 bridgehead atoms. The first-order valence-electron chi connectivity index (χ1n) is 5.33. The molecule has 0 aliphatic carbocycles. The molecule has 4 heteroatoms. The minimum atomic E-state index is -0.548. The molecule has 0 saturated carbocycles. The van der Waals surface area contributed by atoms with Crippen molar-refractivity contribution in [1.29, 1.82) is 0 Å². The van der Waals surface area contributed by atoms with E-state index in [1.54, 1.807) is 12.1 Å². The van der Waals surface area contributed by atoms with E-state index in [-0.39, 0.29) is 11.8 Å². The Balaban J connectivity index is 2.54. The molecule has 2 unspecified atom stereocenters. The molecule has 88 valence electrons. The standard InChI is InChI=1S/C12H17NO3/c1-7-8-5-12(16-3)10(14)4-9(8)11(15)6-13(7)2/h4-5,7,11,14-15H,6H2,1-3H3. The summed E-state index contributed by atoms with van der Waals surface area (Å²) in [5, 5.41) is 19.6. The minimum Gasteiger partial charge on any atom is -0.504 e. The molecule has 0 aromatic heterocycles. The molecule has 1 aromatic carbocycles. The van der Waals surface area contributed by atoms with E-state index in [1.807, 2.05) is 7.05 Å². The zero-order valence-corrected chi connectivity index (χ0v) is 9.77. The van der Waals surface area contributed by atoms with Gasteiger partial charge in [-0.05, 0) is 37.2 Å². The molecule has 0 amide bonds. The van der Waals surface area contributed by atoms with Crippen LogP contribution >= 0.6 is 0 Å². The van der Waals surface area contributed by atoms with Crippen molar-refractivity contribution in [2.45, 2.75) is 19.1 Å². The van der Waals surface area contributed by atoms with Crippen LogP contribution in [0.2, 0.25) is 0 Å². The largest absolute Gasteiger partial charge is 0.504 e. The van der Waals surface area contributed by atoms with Crippen molar-refractivity contribution < 1.29 is 14.9 Å². The highest BCUT2D eigenvalue weighted by atomic mass is 16.5. The van der Waals surface area contributed by atoms with Gasteiger partial charge >= 0.3 is 0 Å². The Hall–Kier alpha value is -1.26. The van der Waals surface area contributed by atoms with Crippen LogP contribution in [0.25, 0.3) is 0 Å². The second-order valence-corrected chi connectivity index (χ2v) is 4.28. The van der Waals surface area contributed by atoms with Gasteiger partial charge in [-0.15, -0.1) is 0 Å². The number of phenols is 1. The molecular formula is C12H17NO3. The third-order valence-electron chi connectivity index (χ3n) is 3.32. The maximum absolute atomic E-state index is 9.94. The van der Waals surface area contributed by atoms with Gasteiger partial charge in [-0.2, -0.15) is 0 Å². The van der Waals surface area contributed by atoms with Gasteiger partial charge in [0.1, 0.15) is 0 Å². The van der Waals surface area contributed by atoms with Crippen LogP contribution in [-0.2, 0) is 0 Å². The molecule has 16 heavy (non-hydrogen) atoms. The van der Waals surface area contributed by atoms with Gasteiger partial charge in [-0.1, -0.05) is 0 Å². The molecular weight excluding hydrogens is 206 g/mol. The summed E-state index contributed by atoms with van der Waals surface area (Å²) in [5.74, 6) is 0.533. The second kappa shape index (κ2) is 3.96. The number of aliphatic hydroxyl groups is 1. The highest BCUT2D eigenvalue weighted by Crippen LogP contribution is 2.39. The maximum atomic E-state index is 9.94. The van der Waals surface area contributed by atoms with Crippen LogP contribution in [0.3, 0.4) is 0 Å². The number of likely N-dealkylation sites (N-methyl/N-ethyl adjacent to an activating group) is 1. The first-order valence-corrected chi connectivity index (χ1v) is 5.33. The van der Waals surface area contributed by atoms with Crippen LogP contribution < -0.4 is 4.74 Å². The molecule has 0 saturated heterocycles. The average Bonchev–Trinajstić information content (AvgIpc) is 2.25. The van der Waals surface area contributed by atoms with Crippen LogP contribution in [0.1, 0.15) is 30.2 Å². The Morgan fingerprint density at radius 1 is 1.38 bits per heavy atom. The zero-order valence-electron chi connectivity index (χ0n) is 9.77. The number of methoxy groups -OCH3 is 1. The Bertz CT molecular complexity index is 405. The number of benzene rings is 1. The first-order chi connectivity index (χ1) is 7.54. The van der Waals surface area contributed by atoms with Gasteiger partial charge in [0.2, 0.25) is 0 Å². The summed E-state index contributed by atoms with van der Waals surface area (Å²) in [7, 11) is 3.49. The van der Waals surface area contributed by atoms with Crippen molar-refractivity contribution in [3.05, 3.63) is 23.3 Å². The van der Waals surface area contributed by atoms with E-state index in [0.29, 0.717) is 12.3 Å². The molecule has 0 fully saturated rings. The van der Waals surface area contributed by atoms with Crippen LogP contribution in [0.4, 0.5) is 0 Å². The minimum absolute atomic E-state index is 0.0806. The first kappa shape index (κ1) is 11.2. The summed E-state index contributed by atoms with van der Waals surface area (Å²) >= 11 is 0. The van der Waals surface area contributed by atoms with Gasteiger partial charge in [0, 0.05) is 12.6 Å². The van der Waals surface area contributed by atoms with Crippen LogP contribution in [0.15, 0.2) is 12.1 Å². The van der Waals surface area contributed by atoms with Crippen molar-refractivity contribution >= 4 is 0 Å². The van der Waals surface area contributed by atoms with E-state index in [2.05, 4.69) is 11.8 Å². The topological polar surface area (TPSA) is 52.9 Å². The highest BCUT2D eigenvalue weighted by molar-refractivity contribution is 5.49. The number of fused-ring (bicyclic) bond motifs is 1. The molecule has 2 atom stereocenters. The van der Waals surface area contributed by atoms with Crippen molar-refractivity contribution in [3.8, 4) is 11.5 Å². The van der Waals surface area contributed by atoms with Gasteiger partial charge < -0.3 is 14.9 Å². The number of rotatable bonds is 1. The summed E-state index contributed by atoms with van der Waals surface area (Å²) in [5.41, 5.74) is 1.81. The van der Waals surface area contributed by atoms with Crippen molar-refractivity contribution in [1.82, 2.24) is 4.90 Å². The lowest BCUT2D eigenvalue weighted by Crippen LogP contribution is -2.33. The Kier molecular flexibility index (Phi) is 2.78. The van der Waals surface area contributed by atoms with Gasteiger partial charge in [-0.25, -0.2) is 0 Å². The molecule has 1 aromatic rings. The SMILES string of the molecule is COc1cc2c(cc1O)C(O)CN(C)C2C. The molecule has 1 heterocycles. The van der Waals surface area contributed by atoms with Gasteiger partial charge in [0.05, 0.1) is 13.2 Å². The van der Waals surface area contributed by atoms with E-state index < -0.39 is 6.10 Å². The van der Waals surface area contributed by atoms with Crippen molar-refractivity contribution in [3.63, 3.8) is 0 Å². The highest BCUT2D eigenvalue weighted by Gasteiger charge is 2.28. The normalized spacial score (nSPS) is 25.2. The molecule has 2 N–H and O–H groups in total. The lowest BCUT2D eigenvalue weighted by Gasteiger charge is -2.35. The maximum Gasteiger partial charge on any atom is 0.160 e. The van der Waals surface area contributed by atoms with Gasteiger partial charge in [0.25, 0.3) is 0 Å². The predicted octanol–water partition coefficient (Wildman–Crippen LogP) is 1.44. The molecule has 2 rings (SSSR count). The predicted molar refractivity (Wildman–Crippen MR) is 60.7 cm³/mol. The number of ether oxygens (including phenoxy) is 1. The lowest BCUT2D eigenvalue weighted by atomic mass is 9.91. The summed E-state index contributed by atoms with van der Waals surface area (Å²) in [4.78, 5) is 2.07. The fraction of sp³-hybridized carbons (Fsp3) is 0.500. The summed E-state index contributed by atoms with van der Waals surface area (Å²) in [6.45, 7) is 2.65.